The molecule has 84 valence electrons. The van der Waals surface area contributed by atoms with E-state index in [0.29, 0.717) is 6.54 Å². The van der Waals surface area contributed by atoms with Crippen molar-refractivity contribution in [3.8, 4) is 5.75 Å². The van der Waals surface area contributed by atoms with Gasteiger partial charge in [-0.25, -0.2) is 0 Å². The van der Waals surface area contributed by atoms with Crippen LogP contribution in [0.5, 0.6) is 5.75 Å². The first-order valence-electron chi connectivity index (χ1n) is 4.84. The second kappa shape index (κ2) is 6.10. The summed E-state index contributed by atoms with van der Waals surface area (Å²) in [7, 11) is 1.65. The number of halogens is 1. The van der Waals surface area contributed by atoms with Crippen LogP contribution in [0.3, 0.4) is 0 Å². The van der Waals surface area contributed by atoms with Gasteiger partial charge in [0.1, 0.15) is 5.75 Å². The van der Waals surface area contributed by atoms with Crippen molar-refractivity contribution >= 4 is 15.9 Å². The van der Waals surface area contributed by atoms with Gasteiger partial charge in [0.25, 0.3) is 0 Å². The molecule has 1 rings (SSSR count). The number of ether oxygens (including phenoxy) is 1. The zero-order chi connectivity index (χ0) is 11.3. The fourth-order valence-corrected chi connectivity index (χ4v) is 1.55. The first-order chi connectivity index (χ1) is 7.17. The fraction of sp³-hybridized carbons (Fsp3) is 0.455. The highest BCUT2D eigenvalue weighted by Gasteiger charge is 2.04. The summed E-state index contributed by atoms with van der Waals surface area (Å²) in [6, 6.07) is 5.94. The van der Waals surface area contributed by atoms with E-state index in [9.17, 15) is 0 Å². The summed E-state index contributed by atoms with van der Waals surface area (Å²) in [6.07, 6.45) is 0. The zero-order valence-corrected chi connectivity index (χ0v) is 10.5. The Hall–Kier alpha value is -0.580. The molecule has 0 aromatic heterocycles. The molecule has 0 heterocycles. The van der Waals surface area contributed by atoms with Gasteiger partial charge in [-0.2, -0.15) is 0 Å². The number of rotatable bonds is 5. The summed E-state index contributed by atoms with van der Waals surface area (Å²) in [4.78, 5) is 0. The van der Waals surface area contributed by atoms with Crippen molar-refractivity contribution in [2.24, 2.45) is 0 Å². The van der Waals surface area contributed by atoms with Crippen molar-refractivity contribution in [2.75, 3.05) is 13.7 Å². The molecule has 0 saturated carbocycles. The Morgan fingerprint density at radius 1 is 1.53 bits per heavy atom. The second-order valence-corrected chi connectivity index (χ2v) is 4.28. The maximum Gasteiger partial charge on any atom is 0.119 e. The molecule has 4 heteroatoms. The average molecular weight is 274 g/mol. The minimum Gasteiger partial charge on any atom is -0.497 e. The quantitative estimate of drug-likeness (QED) is 0.862. The molecule has 1 aromatic carbocycles. The Balaban J connectivity index is 2.66. The Kier molecular flexibility index (Phi) is 5.08. The first kappa shape index (κ1) is 12.5. The van der Waals surface area contributed by atoms with E-state index in [1.54, 1.807) is 7.11 Å². The van der Waals surface area contributed by atoms with E-state index in [2.05, 4.69) is 21.2 Å². The molecular formula is C11H16BrNO2. The zero-order valence-electron chi connectivity index (χ0n) is 8.96. The number of hydrogen-bond acceptors (Lipinski definition) is 3. The lowest BCUT2D eigenvalue weighted by molar-refractivity contribution is 0.251. The Morgan fingerprint density at radius 3 is 2.87 bits per heavy atom. The van der Waals surface area contributed by atoms with Gasteiger partial charge in [-0.3, -0.25) is 0 Å². The maximum atomic E-state index is 8.88. The Bertz CT molecular complexity index is 317. The van der Waals surface area contributed by atoms with Crippen LogP contribution in [0.15, 0.2) is 22.7 Å². The van der Waals surface area contributed by atoms with Crippen LogP contribution in [0.4, 0.5) is 0 Å². The third-order valence-corrected chi connectivity index (χ3v) is 2.94. The van der Waals surface area contributed by atoms with Crippen LogP contribution in [0.25, 0.3) is 0 Å². The van der Waals surface area contributed by atoms with Gasteiger partial charge in [-0.05, 0) is 30.7 Å². The van der Waals surface area contributed by atoms with Crippen molar-refractivity contribution in [3.63, 3.8) is 0 Å². The lowest BCUT2D eigenvalue weighted by Crippen LogP contribution is -2.28. The lowest BCUT2D eigenvalue weighted by Gasteiger charge is -2.12. The van der Waals surface area contributed by atoms with Crippen LogP contribution in [-0.2, 0) is 6.54 Å². The molecule has 0 aliphatic heterocycles. The molecule has 0 bridgehead atoms. The van der Waals surface area contributed by atoms with E-state index in [0.717, 1.165) is 15.8 Å². The molecule has 3 nitrogen and oxygen atoms in total. The lowest BCUT2D eigenvalue weighted by atomic mass is 10.2. The van der Waals surface area contributed by atoms with Gasteiger partial charge in [0.2, 0.25) is 0 Å². The molecule has 15 heavy (non-hydrogen) atoms. The molecule has 0 aliphatic carbocycles. The highest BCUT2D eigenvalue weighted by atomic mass is 79.9. The molecular weight excluding hydrogens is 258 g/mol. The van der Waals surface area contributed by atoms with Gasteiger partial charge in [0.15, 0.2) is 0 Å². The summed E-state index contributed by atoms with van der Waals surface area (Å²) in [5.41, 5.74) is 1.12. The predicted molar refractivity (Wildman–Crippen MR) is 64.1 cm³/mol. The van der Waals surface area contributed by atoms with Gasteiger partial charge in [0, 0.05) is 17.1 Å². The topological polar surface area (TPSA) is 41.5 Å². The molecule has 0 amide bonds. The number of aliphatic hydroxyl groups excluding tert-OH is 1. The van der Waals surface area contributed by atoms with Crippen molar-refractivity contribution in [1.29, 1.82) is 0 Å². The molecule has 2 N–H and O–H groups in total. The summed E-state index contributed by atoms with van der Waals surface area (Å²) >= 11 is 3.47. The minimum absolute atomic E-state index is 0.100. The van der Waals surface area contributed by atoms with Gasteiger partial charge in [-0.15, -0.1) is 0 Å². The second-order valence-electron chi connectivity index (χ2n) is 3.42. The summed E-state index contributed by atoms with van der Waals surface area (Å²) in [6.45, 7) is 2.79. The van der Waals surface area contributed by atoms with E-state index in [4.69, 9.17) is 9.84 Å². The van der Waals surface area contributed by atoms with Gasteiger partial charge >= 0.3 is 0 Å². The van der Waals surface area contributed by atoms with Crippen LogP contribution in [0, 0.1) is 0 Å². The number of nitrogens with one attached hydrogen (secondary N) is 1. The molecule has 0 spiro atoms. The highest BCUT2D eigenvalue weighted by Crippen LogP contribution is 2.22. The SMILES string of the molecule is COc1ccc(Br)c(CN[C@@H](C)CO)c1. The van der Waals surface area contributed by atoms with E-state index < -0.39 is 0 Å². The summed E-state index contributed by atoms with van der Waals surface area (Å²) in [5.74, 6) is 0.839. The van der Waals surface area contributed by atoms with Crippen LogP contribution < -0.4 is 10.1 Å². The third kappa shape index (κ3) is 3.81. The molecule has 0 radical (unpaired) electrons. The van der Waals surface area contributed by atoms with E-state index in [1.807, 2.05) is 25.1 Å². The highest BCUT2D eigenvalue weighted by molar-refractivity contribution is 9.10. The monoisotopic (exact) mass is 273 g/mol. The van der Waals surface area contributed by atoms with Crippen molar-refractivity contribution in [1.82, 2.24) is 5.32 Å². The largest absolute Gasteiger partial charge is 0.497 e. The van der Waals surface area contributed by atoms with Crippen LogP contribution in [0.1, 0.15) is 12.5 Å². The normalized spacial score (nSPS) is 12.5. The van der Waals surface area contributed by atoms with E-state index in [-0.39, 0.29) is 12.6 Å². The molecule has 0 saturated heterocycles. The molecule has 0 aliphatic rings. The summed E-state index contributed by atoms with van der Waals surface area (Å²) in [5, 5.41) is 12.1. The minimum atomic E-state index is 0.100. The summed E-state index contributed by atoms with van der Waals surface area (Å²) < 4.78 is 6.19. The van der Waals surface area contributed by atoms with E-state index >= 15 is 0 Å². The number of aliphatic hydroxyl groups is 1. The first-order valence-corrected chi connectivity index (χ1v) is 5.63. The smallest absolute Gasteiger partial charge is 0.119 e. The Labute approximate surface area is 98.6 Å². The maximum absolute atomic E-state index is 8.88. The van der Waals surface area contributed by atoms with E-state index in [1.165, 1.54) is 0 Å². The fourth-order valence-electron chi connectivity index (χ4n) is 1.16. The predicted octanol–water partition coefficient (Wildman–Crippen LogP) is 1.93. The van der Waals surface area contributed by atoms with Gasteiger partial charge < -0.3 is 15.2 Å². The third-order valence-electron chi connectivity index (χ3n) is 2.17. The van der Waals surface area contributed by atoms with Crippen molar-refractivity contribution in [3.05, 3.63) is 28.2 Å². The number of benzene rings is 1. The van der Waals surface area contributed by atoms with Crippen LogP contribution in [0.2, 0.25) is 0 Å². The van der Waals surface area contributed by atoms with Crippen molar-refractivity contribution < 1.29 is 9.84 Å². The molecule has 1 aromatic rings. The van der Waals surface area contributed by atoms with Crippen LogP contribution >= 0.6 is 15.9 Å². The van der Waals surface area contributed by atoms with Crippen molar-refractivity contribution in [2.45, 2.75) is 19.5 Å². The van der Waals surface area contributed by atoms with Gasteiger partial charge in [0.05, 0.1) is 13.7 Å². The van der Waals surface area contributed by atoms with Crippen LogP contribution in [-0.4, -0.2) is 24.9 Å². The molecule has 1 atom stereocenters. The average Bonchev–Trinajstić information content (AvgIpc) is 2.27. The number of hydrogen-bond donors (Lipinski definition) is 2. The molecule has 0 fully saturated rings. The molecule has 0 unspecified atom stereocenters. The number of methoxy groups -OCH3 is 1. The Morgan fingerprint density at radius 2 is 2.27 bits per heavy atom. The standard InChI is InChI=1S/C11H16BrNO2/c1-8(7-14)13-6-9-5-10(15-2)3-4-11(9)12/h3-5,8,13-14H,6-7H2,1-2H3/t8-/m0/s1. The van der Waals surface area contributed by atoms with Gasteiger partial charge in [-0.1, -0.05) is 15.9 Å².